The lowest BCUT2D eigenvalue weighted by Crippen LogP contribution is -2.63. The molecule has 0 unspecified atom stereocenters. The Morgan fingerprint density at radius 3 is 2.78 bits per heavy atom. The molecule has 1 aromatic carbocycles. The summed E-state index contributed by atoms with van der Waals surface area (Å²) in [5.41, 5.74) is 0.485. The van der Waals surface area contributed by atoms with Crippen molar-refractivity contribution in [3.8, 4) is 0 Å². The summed E-state index contributed by atoms with van der Waals surface area (Å²) in [6.45, 7) is 1.35. The minimum absolute atomic E-state index is 0.477. The van der Waals surface area contributed by atoms with Gasteiger partial charge in [0.1, 0.15) is 5.60 Å². The van der Waals surface area contributed by atoms with Gasteiger partial charge in [-0.05, 0) is 24.8 Å². The van der Waals surface area contributed by atoms with Crippen LogP contribution in [0.1, 0.15) is 12.8 Å². The first kappa shape index (κ1) is 10.3. The van der Waals surface area contributed by atoms with E-state index in [2.05, 4.69) is 14.9 Å². The third kappa shape index (κ3) is 1.49. The number of β-amino-alcohol motifs (C(OH)–C–C–N with tert-alkyl or cyclic N) is 1. The second-order valence-corrected chi connectivity index (χ2v) is 5.46. The average molecular weight is 241 g/mol. The molecule has 2 aliphatic rings. The van der Waals surface area contributed by atoms with Crippen LogP contribution in [0.5, 0.6) is 0 Å². The Balaban J connectivity index is 1.60. The van der Waals surface area contributed by atoms with Crippen LogP contribution in [0.4, 0.5) is 5.95 Å². The number of aromatic nitrogens is 2. The fourth-order valence-corrected chi connectivity index (χ4v) is 2.75. The highest BCUT2D eigenvalue weighted by Crippen LogP contribution is 2.45. The predicted octanol–water partition coefficient (Wildman–Crippen LogP) is 1.59. The van der Waals surface area contributed by atoms with E-state index < -0.39 is 5.60 Å². The van der Waals surface area contributed by atoms with E-state index in [1.807, 2.05) is 30.5 Å². The van der Waals surface area contributed by atoms with Crippen molar-refractivity contribution in [3.05, 3.63) is 30.5 Å². The Bertz CT molecular complexity index is 603. The zero-order valence-electron chi connectivity index (χ0n) is 10.1. The van der Waals surface area contributed by atoms with Gasteiger partial charge in [0.25, 0.3) is 0 Å². The van der Waals surface area contributed by atoms with Crippen LogP contribution in [-0.2, 0) is 0 Å². The van der Waals surface area contributed by atoms with E-state index >= 15 is 0 Å². The van der Waals surface area contributed by atoms with Gasteiger partial charge in [0.15, 0.2) is 0 Å². The highest BCUT2D eigenvalue weighted by Gasteiger charge is 2.52. The molecule has 1 aliphatic heterocycles. The minimum atomic E-state index is -0.477. The van der Waals surface area contributed by atoms with Gasteiger partial charge in [-0.15, -0.1) is 0 Å². The second-order valence-electron chi connectivity index (χ2n) is 5.46. The summed E-state index contributed by atoms with van der Waals surface area (Å²) in [5, 5.41) is 11.4. The first-order valence-electron chi connectivity index (χ1n) is 6.44. The van der Waals surface area contributed by atoms with Gasteiger partial charge in [-0.2, -0.15) is 0 Å². The molecular formula is C14H15N3O. The number of rotatable bonds is 2. The maximum Gasteiger partial charge on any atom is 0.226 e. The van der Waals surface area contributed by atoms with Crippen molar-refractivity contribution in [2.24, 2.45) is 5.92 Å². The fourth-order valence-electron chi connectivity index (χ4n) is 2.75. The van der Waals surface area contributed by atoms with Crippen LogP contribution in [0.2, 0.25) is 0 Å². The molecule has 4 rings (SSSR count). The number of anilines is 1. The van der Waals surface area contributed by atoms with Crippen molar-refractivity contribution < 1.29 is 5.11 Å². The zero-order chi connectivity index (χ0) is 12.2. The summed E-state index contributed by atoms with van der Waals surface area (Å²) >= 11 is 0. The van der Waals surface area contributed by atoms with Crippen molar-refractivity contribution >= 4 is 16.9 Å². The van der Waals surface area contributed by atoms with Crippen LogP contribution < -0.4 is 4.90 Å². The molecule has 0 radical (unpaired) electrons. The van der Waals surface area contributed by atoms with Crippen LogP contribution in [0.25, 0.3) is 10.9 Å². The summed E-state index contributed by atoms with van der Waals surface area (Å²) in [5.74, 6) is 1.24. The first-order valence-corrected chi connectivity index (χ1v) is 6.44. The minimum Gasteiger partial charge on any atom is -0.386 e. The summed E-state index contributed by atoms with van der Waals surface area (Å²) in [4.78, 5) is 11.0. The quantitative estimate of drug-likeness (QED) is 0.867. The van der Waals surface area contributed by atoms with Crippen molar-refractivity contribution in [2.75, 3.05) is 18.0 Å². The summed E-state index contributed by atoms with van der Waals surface area (Å²) < 4.78 is 0. The van der Waals surface area contributed by atoms with Crippen LogP contribution in [-0.4, -0.2) is 33.8 Å². The monoisotopic (exact) mass is 241 g/mol. The Labute approximate surface area is 105 Å². The van der Waals surface area contributed by atoms with E-state index in [-0.39, 0.29) is 0 Å². The van der Waals surface area contributed by atoms with Crippen LogP contribution >= 0.6 is 0 Å². The topological polar surface area (TPSA) is 49.2 Å². The molecule has 0 bridgehead atoms. The molecule has 92 valence electrons. The van der Waals surface area contributed by atoms with Gasteiger partial charge in [-0.1, -0.05) is 18.2 Å². The summed E-state index contributed by atoms with van der Waals surface area (Å²) in [6, 6.07) is 7.97. The maximum atomic E-state index is 10.3. The van der Waals surface area contributed by atoms with E-state index in [1.54, 1.807) is 0 Å². The molecule has 2 heterocycles. The van der Waals surface area contributed by atoms with Gasteiger partial charge >= 0.3 is 0 Å². The molecule has 4 nitrogen and oxygen atoms in total. The summed E-state index contributed by atoms with van der Waals surface area (Å²) in [7, 11) is 0. The normalized spacial score (nSPS) is 21.9. The molecule has 1 saturated heterocycles. The number of hydrogen-bond donors (Lipinski definition) is 1. The van der Waals surface area contributed by atoms with Gasteiger partial charge in [0, 0.05) is 11.6 Å². The van der Waals surface area contributed by atoms with Gasteiger partial charge in [-0.3, -0.25) is 0 Å². The molecule has 1 N–H and O–H groups in total. The van der Waals surface area contributed by atoms with Gasteiger partial charge < -0.3 is 10.0 Å². The van der Waals surface area contributed by atoms with Crippen LogP contribution in [0, 0.1) is 5.92 Å². The molecule has 2 fully saturated rings. The van der Waals surface area contributed by atoms with E-state index in [0.29, 0.717) is 19.0 Å². The van der Waals surface area contributed by atoms with Crippen LogP contribution in [0.3, 0.4) is 0 Å². The van der Waals surface area contributed by atoms with Crippen LogP contribution in [0.15, 0.2) is 30.5 Å². The molecule has 2 aromatic rings. The highest BCUT2D eigenvalue weighted by molar-refractivity contribution is 5.78. The van der Waals surface area contributed by atoms with Crippen molar-refractivity contribution in [2.45, 2.75) is 18.4 Å². The molecule has 4 heteroatoms. The van der Waals surface area contributed by atoms with Gasteiger partial charge in [0.05, 0.1) is 18.6 Å². The number of hydrogen-bond acceptors (Lipinski definition) is 4. The molecule has 1 saturated carbocycles. The number of aliphatic hydroxyl groups is 1. The fraction of sp³-hybridized carbons (Fsp3) is 0.429. The number of fused-ring (bicyclic) bond motifs is 1. The molecule has 1 aliphatic carbocycles. The maximum absolute atomic E-state index is 10.3. The SMILES string of the molecule is OC1(C2CC2)CN(c2ncc3ccccc3n2)C1. The predicted molar refractivity (Wildman–Crippen MR) is 69.4 cm³/mol. The third-order valence-electron chi connectivity index (χ3n) is 4.03. The smallest absolute Gasteiger partial charge is 0.226 e. The Morgan fingerprint density at radius 1 is 1.22 bits per heavy atom. The third-order valence-corrected chi connectivity index (χ3v) is 4.03. The van der Waals surface area contributed by atoms with Gasteiger partial charge in [-0.25, -0.2) is 9.97 Å². The van der Waals surface area contributed by atoms with E-state index in [9.17, 15) is 5.11 Å². The Hall–Kier alpha value is -1.68. The zero-order valence-corrected chi connectivity index (χ0v) is 10.1. The highest BCUT2D eigenvalue weighted by atomic mass is 16.3. The largest absolute Gasteiger partial charge is 0.386 e. The average Bonchev–Trinajstić information content (AvgIpc) is 3.19. The van der Waals surface area contributed by atoms with Crippen molar-refractivity contribution in [1.82, 2.24) is 9.97 Å². The Kier molecular flexibility index (Phi) is 1.95. The molecule has 1 aromatic heterocycles. The number of nitrogens with zero attached hydrogens (tertiary/aromatic N) is 3. The molecule has 0 atom stereocenters. The number of para-hydroxylation sites is 1. The molecule has 18 heavy (non-hydrogen) atoms. The first-order chi connectivity index (χ1) is 8.74. The van der Waals surface area contributed by atoms with E-state index in [4.69, 9.17) is 0 Å². The molecule has 0 spiro atoms. The lowest BCUT2D eigenvalue weighted by molar-refractivity contribution is -0.0102. The second kappa shape index (κ2) is 3.42. The molecular weight excluding hydrogens is 226 g/mol. The molecule has 0 amide bonds. The van der Waals surface area contributed by atoms with E-state index in [1.165, 1.54) is 12.8 Å². The van der Waals surface area contributed by atoms with Gasteiger partial charge in [0.2, 0.25) is 5.95 Å². The van der Waals surface area contributed by atoms with Crippen molar-refractivity contribution in [3.63, 3.8) is 0 Å². The standard InChI is InChI=1S/C14H15N3O/c18-14(11-5-6-11)8-17(9-14)13-15-7-10-3-1-2-4-12(10)16-13/h1-4,7,11,18H,5-6,8-9H2. The van der Waals surface area contributed by atoms with Crippen molar-refractivity contribution in [1.29, 1.82) is 0 Å². The Morgan fingerprint density at radius 2 is 2.00 bits per heavy atom. The summed E-state index contributed by atoms with van der Waals surface area (Å²) in [6.07, 6.45) is 4.19. The van der Waals surface area contributed by atoms with E-state index in [0.717, 1.165) is 16.9 Å². The lowest BCUT2D eigenvalue weighted by atomic mass is 9.89. The number of benzene rings is 1. The lowest BCUT2D eigenvalue weighted by Gasteiger charge is -2.46.